The Labute approximate surface area is 112 Å². The largest absolute Gasteiger partial charge is 0.421 e. The highest BCUT2D eigenvalue weighted by Gasteiger charge is 2.30. The Morgan fingerprint density at radius 3 is 2.05 bits per heavy atom. The molecule has 0 saturated heterocycles. The second-order valence-corrected chi connectivity index (χ2v) is 5.95. The van der Waals surface area contributed by atoms with Gasteiger partial charge in [-0.1, -0.05) is 36.4 Å². The summed E-state index contributed by atoms with van der Waals surface area (Å²) >= 11 is 0. The van der Waals surface area contributed by atoms with Crippen LogP contribution >= 0.6 is 7.60 Å². The van der Waals surface area contributed by atoms with Crippen molar-refractivity contribution in [2.24, 2.45) is 5.73 Å². The van der Waals surface area contributed by atoms with Crippen molar-refractivity contribution >= 4 is 12.9 Å². The summed E-state index contributed by atoms with van der Waals surface area (Å²) in [4.78, 5) is 0. The first-order chi connectivity index (χ1) is 9.10. The van der Waals surface area contributed by atoms with E-state index >= 15 is 0 Å². The maximum atomic E-state index is 12.9. The second-order valence-electron chi connectivity index (χ2n) is 4.05. The SMILES string of the molecule is CC(N)OP(=O)(Oc1ccccc1)c1ccccc1. The molecule has 0 radical (unpaired) electrons. The van der Waals surface area contributed by atoms with Gasteiger partial charge in [-0.15, -0.1) is 0 Å². The molecule has 0 aliphatic heterocycles. The van der Waals surface area contributed by atoms with E-state index in [0.29, 0.717) is 11.1 Å². The Kier molecular flexibility index (Phi) is 4.38. The van der Waals surface area contributed by atoms with Gasteiger partial charge in [0, 0.05) is 0 Å². The lowest BCUT2D eigenvalue weighted by Crippen LogP contribution is -2.23. The third kappa shape index (κ3) is 3.67. The van der Waals surface area contributed by atoms with E-state index in [9.17, 15) is 4.57 Å². The molecule has 0 spiro atoms. The van der Waals surface area contributed by atoms with E-state index in [4.69, 9.17) is 14.8 Å². The molecule has 0 aromatic heterocycles. The van der Waals surface area contributed by atoms with Crippen LogP contribution in [-0.4, -0.2) is 6.23 Å². The van der Waals surface area contributed by atoms with Crippen LogP contribution in [0.4, 0.5) is 0 Å². The summed E-state index contributed by atoms with van der Waals surface area (Å²) < 4.78 is 23.8. The van der Waals surface area contributed by atoms with Gasteiger partial charge in [-0.05, 0) is 31.2 Å². The average Bonchev–Trinajstić information content (AvgIpc) is 2.40. The summed E-state index contributed by atoms with van der Waals surface area (Å²) in [5.41, 5.74) is 5.60. The molecule has 0 heterocycles. The lowest BCUT2D eigenvalue weighted by atomic mass is 10.3. The van der Waals surface area contributed by atoms with Crippen molar-refractivity contribution in [2.45, 2.75) is 13.2 Å². The zero-order valence-electron chi connectivity index (χ0n) is 10.6. The monoisotopic (exact) mass is 277 g/mol. The van der Waals surface area contributed by atoms with Crippen LogP contribution < -0.4 is 15.6 Å². The van der Waals surface area contributed by atoms with Gasteiger partial charge in [-0.2, -0.15) is 0 Å². The van der Waals surface area contributed by atoms with Gasteiger partial charge >= 0.3 is 7.60 Å². The predicted molar refractivity (Wildman–Crippen MR) is 75.5 cm³/mol. The summed E-state index contributed by atoms with van der Waals surface area (Å²) in [5, 5.41) is 0.483. The van der Waals surface area contributed by atoms with Crippen LogP contribution in [0, 0.1) is 0 Å². The molecular weight excluding hydrogens is 261 g/mol. The molecule has 0 amide bonds. The smallest absolute Gasteiger partial charge is 0.412 e. The average molecular weight is 277 g/mol. The van der Waals surface area contributed by atoms with Crippen LogP contribution in [0.2, 0.25) is 0 Å². The van der Waals surface area contributed by atoms with Crippen LogP contribution in [0.1, 0.15) is 6.92 Å². The zero-order valence-corrected chi connectivity index (χ0v) is 11.5. The first kappa shape index (κ1) is 13.8. The summed E-state index contributed by atoms with van der Waals surface area (Å²) in [6.45, 7) is 1.62. The molecule has 0 bridgehead atoms. The Balaban J connectivity index is 2.33. The third-order valence-electron chi connectivity index (χ3n) is 2.35. The minimum Gasteiger partial charge on any atom is -0.421 e. The van der Waals surface area contributed by atoms with Gasteiger partial charge in [0.25, 0.3) is 0 Å². The van der Waals surface area contributed by atoms with Crippen molar-refractivity contribution in [2.75, 3.05) is 0 Å². The third-order valence-corrected chi connectivity index (χ3v) is 4.34. The normalized spacial score (nSPS) is 15.5. The quantitative estimate of drug-likeness (QED) is 0.674. The van der Waals surface area contributed by atoms with Crippen molar-refractivity contribution in [3.63, 3.8) is 0 Å². The van der Waals surface area contributed by atoms with E-state index in [-0.39, 0.29) is 0 Å². The second kappa shape index (κ2) is 6.02. The molecule has 2 rings (SSSR count). The summed E-state index contributed by atoms with van der Waals surface area (Å²) in [7, 11) is -3.47. The van der Waals surface area contributed by atoms with Crippen molar-refractivity contribution in [1.29, 1.82) is 0 Å². The fraction of sp³-hybridized carbons (Fsp3) is 0.143. The van der Waals surface area contributed by atoms with Crippen LogP contribution in [0.15, 0.2) is 60.7 Å². The van der Waals surface area contributed by atoms with E-state index in [1.165, 1.54) is 0 Å². The predicted octanol–water partition coefficient (Wildman–Crippen LogP) is 2.91. The van der Waals surface area contributed by atoms with Crippen LogP contribution in [-0.2, 0) is 9.09 Å². The highest BCUT2D eigenvalue weighted by atomic mass is 31.2. The Bertz CT molecular complexity index is 557. The molecule has 2 N–H and O–H groups in total. The van der Waals surface area contributed by atoms with Crippen molar-refractivity contribution < 1.29 is 13.6 Å². The van der Waals surface area contributed by atoms with Crippen LogP contribution in [0.3, 0.4) is 0 Å². The van der Waals surface area contributed by atoms with Crippen molar-refractivity contribution in [3.8, 4) is 5.75 Å². The number of hydrogen-bond donors (Lipinski definition) is 1. The van der Waals surface area contributed by atoms with E-state index < -0.39 is 13.8 Å². The molecule has 0 aliphatic rings. The van der Waals surface area contributed by atoms with Crippen LogP contribution in [0.25, 0.3) is 0 Å². The maximum absolute atomic E-state index is 12.9. The standard InChI is InChI=1S/C14H16NO3P/c1-12(15)17-19(16,14-10-6-3-7-11-14)18-13-8-4-2-5-9-13/h2-12H,15H2,1H3. The van der Waals surface area contributed by atoms with Gasteiger partial charge in [-0.25, -0.2) is 4.57 Å². The number of para-hydroxylation sites is 1. The highest BCUT2D eigenvalue weighted by Crippen LogP contribution is 2.47. The Morgan fingerprint density at radius 2 is 1.53 bits per heavy atom. The maximum Gasteiger partial charge on any atom is 0.412 e. The molecule has 2 atom stereocenters. The van der Waals surface area contributed by atoms with Gasteiger partial charge in [0.05, 0.1) is 5.30 Å². The summed E-state index contributed by atoms with van der Waals surface area (Å²) in [5.74, 6) is 0.482. The van der Waals surface area contributed by atoms with Crippen molar-refractivity contribution in [1.82, 2.24) is 0 Å². The number of benzene rings is 2. The van der Waals surface area contributed by atoms with Gasteiger partial charge in [0.1, 0.15) is 12.0 Å². The van der Waals surface area contributed by atoms with E-state index in [1.54, 1.807) is 55.5 Å². The molecular formula is C14H16NO3P. The molecule has 0 fully saturated rings. The summed E-state index contributed by atoms with van der Waals surface area (Å²) in [6.07, 6.45) is -0.685. The molecule has 0 aliphatic carbocycles. The fourth-order valence-electron chi connectivity index (χ4n) is 1.58. The van der Waals surface area contributed by atoms with E-state index in [1.807, 2.05) is 12.1 Å². The molecule has 2 aromatic rings. The van der Waals surface area contributed by atoms with Gasteiger partial charge in [0.2, 0.25) is 0 Å². The minimum absolute atomic E-state index is 0.482. The molecule has 2 aromatic carbocycles. The Hall–Kier alpha value is -1.61. The van der Waals surface area contributed by atoms with Crippen LogP contribution in [0.5, 0.6) is 5.75 Å². The number of hydrogen-bond acceptors (Lipinski definition) is 4. The fourth-order valence-corrected chi connectivity index (χ4v) is 3.23. The molecule has 5 heteroatoms. The van der Waals surface area contributed by atoms with Gasteiger partial charge in [-0.3, -0.25) is 4.52 Å². The van der Waals surface area contributed by atoms with E-state index in [2.05, 4.69) is 0 Å². The molecule has 2 unspecified atom stereocenters. The number of nitrogens with two attached hydrogens (primary N) is 1. The first-order valence-corrected chi connectivity index (χ1v) is 7.49. The molecule has 0 saturated carbocycles. The Morgan fingerprint density at radius 1 is 1.00 bits per heavy atom. The minimum atomic E-state index is -3.47. The molecule has 4 nitrogen and oxygen atoms in total. The van der Waals surface area contributed by atoms with Gasteiger partial charge < -0.3 is 10.3 Å². The first-order valence-electron chi connectivity index (χ1n) is 5.94. The summed E-state index contributed by atoms with van der Waals surface area (Å²) in [6, 6.07) is 17.7. The lowest BCUT2D eigenvalue weighted by Gasteiger charge is -2.21. The number of rotatable bonds is 5. The lowest BCUT2D eigenvalue weighted by molar-refractivity contribution is 0.206. The topological polar surface area (TPSA) is 61.5 Å². The van der Waals surface area contributed by atoms with E-state index in [0.717, 1.165) is 0 Å². The zero-order chi connectivity index (χ0) is 13.7. The van der Waals surface area contributed by atoms with Gasteiger partial charge in [0.15, 0.2) is 0 Å². The van der Waals surface area contributed by atoms with Crippen molar-refractivity contribution in [3.05, 3.63) is 60.7 Å². The highest BCUT2D eigenvalue weighted by molar-refractivity contribution is 7.62. The molecule has 100 valence electrons. The molecule has 19 heavy (non-hydrogen) atoms.